The molecule has 0 radical (unpaired) electrons. The summed E-state index contributed by atoms with van der Waals surface area (Å²) in [5, 5.41) is 1.87. The summed E-state index contributed by atoms with van der Waals surface area (Å²) in [5.41, 5.74) is 2.86. The lowest BCUT2D eigenvalue weighted by Gasteiger charge is -2.13. The third kappa shape index (κ3) is 3.51. The molecule has 1 aliphatic rings. The highest BCUT2D eigenvalue weighted by molar-refractivity contribution is 7.15. The van der Waals surface area contributed by atoms with Crippen LogP contribution in [0.5, 0.6) is 5.75 Å². The first-order valence-electron chi connectivity index (χ1n) is 8.64. The van der Waals surface area contributed by atoms with Gasteiger partial charge in [-0.05, 0) is 42.9 Å². The first kappa shape index (κ1) is 16.1. The predicted octanol–water partition coefficient (Wildman–Crippen LogP) is 4.28. The van der Waals surface area contributed by atoms with Crippen LogP contribution in [0.3, 0.4) is 0 Å². The molecule has 0 saturated heterocycles. The molecule has 128 valence electrons. The summed E-state index contributed by atoms with van der Waals surface area (Å²) in [6, 6.07) is 7.77. The number of aryl methyl sites for hydroxylation is 1. The van der Waals surface area contributed by atoms with Crippen molar-refractivity contribution in [3.8, 4) is 5.75 Å². The molecule has 25 heavy (non-hydrogen) atoms. The van der Waals surface area contributed by atoms with Crippen LogP contribution in [0.25, 0.3) is 17.1 Å². The third-order valence-electron chi connectivity index (χ3n) is 4.42. The normalized spacial score (nSPS) is 14.4. The van der Waals surface area contributed by atoms with Crippen LogP contribution in [0.1, 0.15) is 36.6 Å². The van der Waals surface area contributed by atoms with Crippen molar-refractivity contribution in [3.05, 3.63) is 63.0 Å². The Morgan fingerprint density at radius 1 is 1.36 bits per heavy atom. The molecule has 0 unspecified atom stereocenters. The molecule has 1 aliphatic carbocycles. The summed E-state index contributed by atoms with van der Waals surface area (Å²) >= 11 is 1.46. The Morgan fingerprint density at radius 3 is 3.04 bits per heavy atom. The molecule has 0 aliphatic heterocycles. The SMILES string of the molecule is CCc1cccc(/C=C/c2cc(=O)n3ccsc3n2)c1OCC1CC1. The van der Waals surface area contributed by atoms with Crippen LogP contribution in [0, 0.1) is 5.92 Å². The van der Waals surface area contributed by atoms with Crippen LogP contribution >= 0.6 is 11.3 Å². The summed E-state index contributed by atoms with van der Waals surface area (Å²) in [5.74, 6) is 1.67. The minimum absolute atomic E-state index is 0.0570. The zero-order valence-electron chi connectivity index (χ0n) is 14.1. The van der Waals surface area contributed by atoms with Crippen molar-refractivity contribution in [2.45, 2.75) is 26.2 Å². The highest BCUT2D eigenvalue weighted by atomic mass is 32.1. The summed E-state index contributed by atoms with van der Waals surface area (Å²) in [4.78, 5) is 17.3. The Labute approximate surface area is 150 Å². The van der Waals surface area contributed by atoms with Crippen molar-refractivity contribution in [3.63, 3.8) is 0 Å². The summed E-state index contributed by atoms with van der Waals surface area (Å²) < 4.78 is 7.68. The summed E-state index contributed by atoms with van der Waals surface area (Å²) in [6.45, 7) is 2.93. The fourth-order valence-corrected chi connectivity index (χ4v) is 3.52. The van der Waals surface area contributed by atoms with E-state index in [9.17, 15) is 4.79 Å². The fraction of sp³-hybridized carbons (Fsp3) is 0.300. The molecule has 2 heterocycles. The van der Waals surface area contributed by atoms with Gasteiger partial charge in [-0.1, -0.05) is 25.1 Å². The Balaban J connectivity index is 1.65. The van der Waals surface area contributed by atoms with Gasteiger partial charge >= 0.3 is 0 Å². The zero-order chi connectivity index (χ0) is 17.2. The second-order valence-corrected chi connectivity index (χ2v) is 7.22. The van der Waals surface area contributed by atoms with Crippen LogP contribution in [0.2, 0.25) is 0 Å². The standard InChI is InChI=1S/C20H20N2O2S/c1-2-15-4-3-5-16(19(15)24-13-14-6-7-14)8-9-17-12-18(23)22-10-11-25-20(22)21-17/h3-5,8-12,14H,2,6-7,13H2,1H3/b9-8+. The van der Waals surface area contributed by atoms with Gasteiger partial charge in [0, 0.05) is 23.2 Å². The van der Waals surface area contributed by atoms with Crippen LogP contribution in [-0.4, -0.2) is 16.0 Å². The van der Waals surface area contributed by atoms with E-state index in [-0.39, 0.29) is 5.56 Å². The van der Waals surface area contributed by atoms with Gasteiger partial charge in [0.05, 0.1) is 12.3 Å². The second kappa shape index (κ2) is 6.84. The molecule has 3 aromatic rings. The molecule has 5 heteroatoms. The lowest BCUT2D eigenvalue weighted by molar-refractivity contribution is 0.296. The highest BCUT2D eigenvalue weighted by Gasteiger charge is 2.22. The zero-order valence-corrected chi connectivity index (χ0v) is 15.0. The van der Waals surface area contributed by atoms with Gasteiger partial charge in [-0.3, -0.25) is 9.20 Å². The Morgan fingerprint density at radius 2 is 2.24 bits per heavy atom. The number of ether oxygens (including phenoxy) is 1. The predicted molar refractivity (Wildman–Crippen MR) is 102 cm³/mol. The van der Waals surface area contributed by atoms with E-state index in [0.717, 1.165) is 24.3 Å². The van der Waals surface area contributed by atoms with E-state index in [1.807, 2.05) is 23.6 Å². The molecule has 0 amide bonds. The Kier molecular flexibility index (Phi) is 4.40. The number of rotatable bonds is 6. The largest absolute Gasteiger partial charge is 0.492 e. The first-order chi connectivity index (χ1) is 12.2. The van der Waals surface area contributed by atoms with Gasteiger partial charge < -0.3 is 4.74 Å². The molecule has 2 aromatic heterocycles. The smallest absolute Gasteiger partial charge is 0.259 e. The molecule has 4 rings (SSSR count). The average molecular weight is 352 g/mol. The number of hydrogen-bond acceptors (Lipinski definition) is 4. The van der Waals surface area contributed by atoms with Gasteiger partial charge in [0.15, 0.2) is 4.96 Å². The number of thiazole rings is 1. The van der Waals surface area contributed by atoms with E-state index >= 15 is 0 Å². The molecule has 4 nitrogen and oxygen atoms in total. The molecule has 0 bridgehead atoms. The maximum Gasteiger partial charge on any atom is 0.259 e. The molecule has 0 spiro atoms. The molecule has 1 fully saturated rings. The van der Waals surface area contributed by atoms with E-state index in [1.165, 1.54) is 29.7 Å². The molecule has 1 aromatic carbocycles. The number of para-hydroxylation sites is 1. The topological polar surface area (TPSA) is 43.6 Å². The van der Waals surface area contributed by atoms with Crippen molar-refractivity contribution in [2.24, 2.45) is 5.92 Å². The number of nitrogens with zero attached hydrogens (tertiary/aromatic N) is 2. The number of benzene rings is 1. The average Bonchev–Trinajstić information content (AvgIpc) is 3.33. The van der Waals surface area contributed by atoms with Crippen molar-refractivity contribution in [1.29, 1.82) is 0 Å². The van der Waals surface area contributed by atoms with Crippen molar-refractivity contribution >= 4 is 28.4 Å². The van der Waals surface area contributed by atoms with Crippen molar-refractivity contribution < 1.29 is 4.74 Å². The monoisotopic (exact) mass is 352 g/mol. The summed E-state index contributed by atoms with van der Waals surface area (Å²) in [7, 11) is 0. The lowest BCUT2D eigenvalue weighted by atomic mass is 10.1. The van der Waals surface area contributed by atoms with Gasteiger partial charge in [0.1, 0.15) is 5.75 Å². The van der Waals surface area contributed by atoms with Gasteiger partial charge in [0.2, 0.25) is 0 Å². The van der Waals surface area contributed by atoms with E-state index in [4.69, 9.17) is 4.74 Å². The van der Waals surface area contributed by atoms with Gasteiger partial charge in [-0.25, -0.2) is 4.98 Å². The van der Waals surface area contributed by atoms with Crippen LogP contribution in [-0.2, 0) is 6.42 Å². The number of aromatic nitrogens is 2. The van der Waals surface area contributed by atoms with Gasteiger partial charge in [-0.2, -0.15) is 0 Å². The van der Waals surface area contributed by atoms with Crippen LogP contribution in [0.15, 0.2) is 40.6 Å². The molecular formula is C20H20N2O2S. The summed E-state index contributed by atoms with van der Waals surface area (Å²) in [6.07, 6.45) is 9.11. The van der Waals surface area contributed by atoms with E-state index in [2.05, 4.69) is 24.0 Å². The van der Waals surface area contributed by atoms with Gasteiger partial charge in [-0.15, -0.1) is 11.3 Å². The van der Waals surface area contributed by atoms with E-state index in [1.54, 1.807) is 16.7 Å². The Hall–Kier alpha value is -2.40. The first-order valence-corrected chi connectivity index (χ1v) is 9.52. The van der Waals surface area contributed by atoms with E-state index in [0.29, 0.717) is 16.6 Å². The van der Waals surface area contributed by atoms with E-state index < -0.39 is 0 Å². The van der Waals surface area contributed by atoms with Crippen molar-refractivity contribution in [1.82, 2.24) is 9.38 Å². The van der Waals surface area contributed by atoms with Crippen LogP contribution < -0.4 is 10.3 Å². The maximum absolute atomic E-state index is 12.1. The van der Waals surface area contributed by atoms with Crippen molar-refractivity contribution in [2.75, 3.05) is 6.61 Å². The number of hydrogen-bond donors (Lipinski definition) is 0. The Bertz CT molecular complexity index is 983. The minimum Gasteiger partial charge on any atom is -0.492 e. The molecule has 0 N–H and O–H groups in total. The lowest BCUT2D eigenvalue weighted by Crippen LogP contribution is -2.11. The number of fused-ring (bicyclic) bond motifs is 1. The molecule has 1 saturated carbocycles. The van der Waals surface area contributed by atoms with Crippen LogP contribution in [0.4, 0.5) is 0 Å². The maximum atomic E-state index is 12.1. The quantitative estimate of drug-likeness (QED) is 0.665. The molecule has 0 atom stereocenters. The third-order valence-corrected chi connectivity index (χ3v) is 5.18. The molecular weight excluding hydrogens is 332 g/mol. The highest BCUT2D eigenvalue weighted by Crippen LogP contribution is 2.32. The second-order valence-electron chi connectivity index (χ2n) is 6.35. The van der Waals surface area contributed by atoms with Gasteiger partial charge in [0.25, 0.3) is 5.56 Å². The minimum atomic E-state index is -0.0570. The fourth-order valence-electron chi connectivity index (χ4n) is 2.80.